The van der Waals surface area contributed by atoms with Gasteiger partial charge in [0.15, 0.2) is 0 Å². The zero-order chi connectivity index (χ0) is 6.15. The van der Waals surface area contributed by atoms with Crippen molar-refractivity contribution in [1.82, 2.24) is 15.0 Å². The summed E-state index contributed by atoms with van der Waals surface area (Å²) >= 11 is 0. The van der Waals surface area contributed by atoms with Crippen molar-refractivity contribution in [2.75, 3.05) is 0 Å². The van der Waals surface area contributed by atoms with Gasteiger partial charge in [0.2, 0.25) is 5.88 Å². The minimum absolute atomic E-state index is 0.130. The standard InChI is InChI=1S/C4H7N3O/c1-3-4(8)7(2)6-5-3/h8H,1-2H3. The van der Waals surface area contributed by atoms with Gasteiger partial charge in [0.05, 0.1) is 0 Å². The molecule has 1 aromatic rings. The Bertz CT molecular complexity index is 174. The smallest absolute Gasteiger partial charge is 0.232 e. The molecule has 0 aliphatic carbocycles. The first-order valence-electron chi connectivity index (χ1n) is 2.27. The lowest BCUT2D eigenvalue weighted by atomic mass is 10.5. The molecule has 4 heteroatoms. The van der Waals surface area contributed by atoms with E-state index < -0.39 is 0 Å². The van der Waals surface area contributed by atoms with Crippen molar-refractivity contribution in [3.05, 3.63) is 5.69 Å². The monoisotopic (exact) mass is 113 g/mol. The second-order valence-electron chi connectivity index (χ2n) is 1.62. The van der Waals surface area contributed by atoms with Crippen LogP contribution in [0.2, 0.25) is 0 Å². The molecular formula is C4H7N3O. The van der Waals surface area contributed by atoms with Crippen LogP contribution in [0.3, 0.4) is 0 Å². The lowest BCUT2D eigenvalue weighted by molar-refractivity contribution is 0.415. The van der Waals surface area contributed by atoms with Gasteiger partial charge in [-0.2, -0.15) is 0 Å². The van der Waals surface area contributed by atoms with Crippen LogP contribution in [0.25, 0.3) is 0 Å². The quantitative estimate of drug-likeness (QED) is 0.508. The second-order valence-corrected chi connectivity index (χ2v) is 1.62. The molecule has 1 N–H and O–H groups in total. The van der Waals surface area contributed by atoms with Gasteiger partial charge in [0.25, 0.3) is 0 Å². The van der Waals surface area contributed by atoms with Crippen LogP contribution in [-0.4, -0.2) is 20.1 Å². The van der Waals surface area contributed by atoms with E-state index in [1.807, 2.05) is 0 Å². The van der Waals surface area contributed by atoms with E-state index in [-0.39, 0.29) is 5.88 Å². The Labute approximate surface area is 46.8 Å². The fourth-order valence-corrected chi connectivity index (χ4v) is 0.455. The van der Waals surface area contributed by atoms with E-state index in [1.54, 1.807) is 14.0 Å². The molecule has 0 amide bonds. The van der Waals surface area contributed by atoms with Crippen LogP contribution in [0.4, 0.5) is 0 Å². The average Bonchev–Trinajstić information content (AvgIpc) is 1.98. The predicted molar refractivity (Wildman–Crippen MR) is 27.4 cm³/mol. The van der Waals surface area contributed by atoms with Crippen LogP contribution in [0, 0.1) is 6.92 Å². The zero-order valence-electron chi connectivity index (χ0n) is 4.79. The molecule has 0 fully saturated rings. The van der Waals surface area contributed by atoms with Crippen LogP contribution in [0.1, 0.15) is 5.69 Å². The Hall–Kier alpha value is -1.06. The number of rotatable bonds is 0. The molecule has 0 bridgehead atoms. The van der Waals surface area contributed by atoms with E-state index in [9.17, 15) is 0 Å². The summed E-state index contributed by atoms with van der Waals surface area (Å²) in [5.74, 6) is 0.130. The van der Waals surface area contributed by atoms with Gasteiger partial charge in [-0.05, 0) is 6.92 Å². The third-order valence-electron chi connectivity index (χ3n) is 0.959. The van der Waals surface area contributed by atoms with Gasteiger partial charge in [0.1, 0.15) is 5.69 Å². The number of aromatic nitrogens is 3. The highest BCUT2D eigenvalue weighted by molar-refractivity contribution is 5.11. The number of hydrogen-bond donors (Lipinski definition) is 1. The number of hydrogen-bond acceptors (Lipinski definition) is 3. The van der Waals surface area contributed by atoms with E-state index >= 15 is 0 Å². The van der Waals surface area contributed by atoms with Gasteiger partial charge >= 0.3 is 0 Å². The Morgan fingerprint density at radius 1 is 1.62 bits per heavy atom. The van der Waals surface area contributed by atoms with Gasteiger partial charge in [-0.15, -0.1) is 5.10 Å². The van der Waals surface area contributed by atoms with Crippen LogP contribution < -0.4 is 0 Å². The van der Waals surface area contributed by atoms with E-state index in [0.29, 0.717) is 5.69 Å². The molecular weight excluding hydrogens is 106 g/mol. The SMILES string of the molecule is Cc1nnn(C)c1O. The van der Waals surface area contributed by atoms with Gasteiger partial charge in [-0.25, -0.2) is 4.68 Å². The zero-order valence-corrected chi connectivity index (χ0v) is 4.79. The van der Waals surface area contributed by atoms with Crippen LogP contribution in [0.15, 0.2) is 0 Å². The summed E-state index contributed by atoms with van der Waals surface area (Å²) in [5.41, 5.74) is 0.563. The molecule has 1 aromatic heterocycles. The van der Waals surface area contributed by atoms with Gasteiger partial charge in [-0.1, -0.05) is 5.21 Å². The maximum absolute atomic E-state index is 8.88. The molecule has 0 saturated carbocycles. The lowest BCUT2D eigenvalue weighted by Gasteiger charge is -1.86. The summed E-state index contributed by atoms with van der Waals surface area (Å²) in [4.78, 5) is 0. The summed E-state index contributed by atoms with van der Waals surface area (Å²) in [6, 6.07) is 0. The third kappa shape index (κ3) is 0.538. The van der Waals surface area contributed by atoms with E-state index in [1.165, 1.54) is 4.68 Å². The van der Waals surface area contributed by atoms with E-state index in [0.717, 1.165) is 0 Å². The molecule has 4 nitrogen and oxygen atoms in total. The Morgan fingerprint density at radius 2 is 2.25 bits per heavy atom. The molecule has 0 unspecified atom stereocenters. The number of aryl methyl sites for hydroxylation is 2. The van der Waals surface area contributed by atoms with E-state index in [2.05, 4.69) is 10.3 Å². The molecule has 0 aromatic carbocycles. The Balaban J connectivity index is 3.19. The van der Waals surface area contributed by atoms with Crippen LogP contribution >= 0.6 is 0 Å². The molecule has 1 heterocycles. The number of nitrogens with zero attached hydrogens (tertiary/aromatic N) is 3. The van der Waals surface area contributed by atoms with Crippen molar-refractivity contribution in [3.8, 4) is 5.88 Å². The van der Waals surface area contributed by atoms with Crippen LogP contribution in [0.5, 0.6) is 5.88 Å². The third-order valence-corrected chi connectivity index (χ3v) is 0.959. The summed E-state index contributed by atoms with van der Waals surface area (Å²) in [6.07, 6.45) is 0. The molecule has 0 aliphatic rings. The molecule has 0 saturated heterocycles. The Kier molecular flexibility index (Phi) is 0.932. The molecule has 0 radical (unpaired) electrons. The summed E-state index contributed by atoms with van der Waals surface area (Å²) in [6.45, 7) is 1.70. The molecule has 44 valence electrons. The molecule has 8 heavy (non-hydrogen) atoms. The number of aromatic hydroxyl groups is 1. The summed E-state index contributed by atoms with van der Waals surface area (Å²) < 4.78 is 1.31. The highest BCUT2D eigenvalue weighted by Gasteiger charge is 1.99. The fraction of sp³-hybridized carbons (Fsp3) is 0.500. The van der Waals surface area contributed by atoms with Gasteiger partial charge in [-0.3, -0.25) is 0 Å². The first kappa shape index (κ1) is 5.08. The highest BCUT2D eigenvalue weighted by atomic mass is 16.3. The molecule has 0 atom stereocenters. The maximum atomic E-state index is 8.88. The maximum Gasteiger partial charge on any atom is 0.232 e. The molecule has 0 aliphatic heterocycles. The van der Waals surface area contributed by atoms with Crippen molar-refractivity contribution in [3.63, 3.8) is 0 Å². The van der Waals surface area contributed by atoms with Gasteiger partial charge < -0.3 is 5.11 Å². The fourth-order valence-electron chi connectivity index (χ4n) is 0.455. The van der Waals surface area contributed by atoms with Crippen molar-refractivity contribution in [1.29, 1.82) is 0 Å². The van der Waals surface area contributed by atoms with Gasteiger partial charge in [0, 0.05) is 7.05 Å². The average molecular weight is 113 g/mol. The topological polar surface area (TPSA) is 50.9 Å². The van der Waals surface area contributed by atoms with Crippen LogP contribution in [-0.2, 0) is 7.05 Å². The second kappa shape index (κ2) is 1.47. The lowest BCUT2D eigenvalue weighted by Crippen LogP contribution is -1.87. The minimum atomic E-state index is 0.130. The normalized spacial score (nSPS) is 9.75. The van der Waals surface area contributed by atoms with Crippen molar-refractivity contribution in [2.45, 2.75) is 6.92 Å². The van der Waals surface area contributed by atoms with Crippen molar-refractivity contribution < 1.29 is 5.11 Å². The largest absolute Gasteiger partial charge is 0.492 e. The first-order valence-corrected chi connectivity index (χ1v) is 2.27. The summed E-state index contributed by atoms with van der Waals surface area (Å²) in [5, 5.41) is 16.0. The summed E-state index contributed by atoms with van der Waals surface area (Å²) in [7, 11) is 1.63. The Morgan fingerprint density at radius 3 is 2.38 bits per heavy atom. The van der Waals surface area contributed by atoms with Crippen molar-refractivity contribution >= 4 is 0 Å². The minimum Gasteiger partial charge on any atom is -0.492 e. The van der Waals surface area contributed by atoms with Crippen molar-refractivity contribution in [2.24, 2.45) is 7.05 Å². The predicted octanol–water partition coefficient (Wildman–Crippen LogP) is -0.171. The molecule has 0 spiro atoms. The van der Waals surface area contributed by atoms with E-state index in [4.69, 9.17) is 5.11 Å². The highest BCUT2D eigenvalue weighted by Crippen LogP contribution is 2.07. The first-order chi connectivity index (χ1) is 3.72. The molecule has 1 rings (SSSR count).